The van der Waals surface area contributed by atoms with E-state index < -0.39 is 10.8 Å². The fourth-order valence-corrected chi connectivity index (χ4v) is 2.14. The maximum Gasteiger partial charge on any atom is 0.337 e. The summed E-state index contributed by atoms with van der Waals surface area (Å²) in [5, 5.41) is 10.7. The summed E-state index contributed by atoms with van der Waals surface area (Å²) in [6.45, 7) is 0. The van der Waals surface area contributed by atoms with Gasteiger partial charge in [0.25, 0.3) is 5.91 Å². The molecule has 0 aliphatic carbocycles. The molecule has 1 aromatic heterocycles. The molecule has 0 saturated carbocycles. The largest absolute Gasteiger partial charge is 0.365 e. The van der Waals surface area contributed by atoms with Gasteiger partial charge in [0.05, 0.1) is 4.92 Å². The van der Waals surface area contributed by atoms with Gasteiger partial charge >= 0.3 is 5.00 Å². The third-order valence-electron chi connectivity index (χ3n) is 1.33. The van der Waals surface area contributed by atoms with Crippen molar-refractivity contribution in [1.82, 2.24) is 0 Å². The smallest absolute Gasteiger partial charge is 0.337 e. The number of carbonyl (C=O) groups is 1. The number of amides is 1. The minimum atomic E-state index is -0.768. The molecule has 1 amide bonds. The Balaban J connectivity index is 3.23. The van der Waals surface area contributed by atoms with Gasteiger partial charge in [0.15, 0.2) is 0 Å². The molecule has 0 saturated heterocycles. The van der Waals surface area contributed by atoms with Crippen LogP contribution < -0.4 is 5.73 Å². The first kappa shape index (κ1) is 10.1. The molecule has 70 valence electrons. The number of nitrogens with zero attached hydrogens (tertiary/aromatic N) is 1. The van der Waals surface area contributed by atoms with Crippen molar-refractivity contribution in [3.8, 4) is 0 Å². The van der Waals surface area contributed by atoms with Gasteiger partial charge in [-0.3, -0.25) is 14.9 Å². The molecule has 0 aliphatic rings. The highest BCUT2D eigenvalue weighted by Crippen LogP contribution is 2.30. The van der Waals surface area contributed by atoms with Crippen LogP contribution in [0.4, 0.5) is 5.00 Å². The van der Waals surface area contributed by atoms with Crippen LogP contribution >= 0.6 is 27.3 Å². The van der Waals surface area contributed by atoms with Crippen LogP contribution in [0.5, 0.6) is 0 Å². The Morgan fingerprint density at radius 3 is 2.69 bits per heavy atom. The van der Waals surface area contributed by atoms with E-state index in [0.29, 0.717) is 10.2 Å². The Labute approximate surface area is 85.8 Å². The van der Waals surface area contributed by atoms with Crippen LogP contribution in [0.25, 0.3) is 0 Å². The molecule has 13 heavy (non-hydrogen) atoms. The van der Waals surface area contributed by atoms with Gasteiger partial charge in [0.2, 0.25) is 0 Å². The van der Waals surface area contributed by atoms with E-state index in [1.807, 2.05) is 0 Å². The molecule has 1 rings (SSSR count). The van der Waals surface area contributed by atoms with Crippen molar-refractivity contribution in [1.29, 1.82) is 0 Å². The minimum Gasteiger partial charge on any atom is -0.365 e. The zero-order valence-corrected chi connectivity index (χ0v) is 8.72. The van der Waals surface area contributed by atoms with E-state index in [9.17, 15) is 14.9 Å². The topological polar surface area (TPSA) is 86.2 Å². The van der Waals surface area contributed by atoms with Crippen LogP contribution in [-0.4, -0.2) is 10.8 Å². The van der Waals surface area contributed by atoms with Crippen LogP contribution in [0.1, 0.15) is 15.2 Å². The first-order chi connectivity index (χ1) is 6.06. The molecule has 7 heteroatoms. The summed E-state index contributed by atoms with van der Waals surface area (Å²) in [5.74, 6) is -0.768. The molecule has 5 nitrogen and oxygen atoms in total. The molecule has 1 heterocycles. The zero-order valence-electron chi connectivity index (χ0n) is 6.32. The van der Waals surface area contributed by atoms with E-state index in [-0.39, 0.29) is 10.6 Å². The SMILES string of the molecule is NC(=O)c1cc(CBr)sc1[N+](=O)[O-]. The predicted molar refractivity (Wildman–Crippen MR) is 52.1 cm³/mol. The fourth-order valence-electron chi connectivity index (χ4n) is 0.809. The van der Waals surface area contributed by atoms with E-state index in [2.05, 4.69) is 15.9 Å². The van der Waals surface area contributed by atoms with Crippen LogP contribution in [0, 0.1) is 10.1 Å². The van der Waals surface area contributed by atoms with E-state index in [1.54, 1.807) is 0 Å². The van der Waals surface area contributed by atoms with Crippen LogP contribution in [0.3, 0.4) is 0 Å². The van der Waals surface area contributed by atoms with Crippen molar-refractivity contribution in [2.45, 2.75) is 5.33 Å². The second kappa shape index (κ2) is 3.84. The number of alkyl halides is 1. The quantitative estimate of drug-likeness (QED) is 0.512. The van der Waals surface area contributed by atoms with Gasteiger partial charge in [0.1, 0.15) is 5.56 Å². The van der Waals surface area contributed by atoms with Gasteiger partial charge in [-0.15, -0.1) is 0 Å². The Kier molecular flexibility index (Phi) is 2.99. The highest BCUT2D eigenvalue weighted by molar-refractivity contribution is 9.08. The summed E-state index contributed by atoms with van der Waals surface area (Å²) < 4.78 is 0. The molecular weight excluding hydrogens is 260 g/mol. The lowest BCUT2D eigenvalue weighted by Crippen LogP contribution is -2.11. The van der Waals surface area contributed by atoms with E-state index in [0.717, 1.165) is 11.3 Å². The third-order valence-corrected chi connectivity index (χ3v) is 3.39. The van der Waals surface area contributed by atoms with Crippen LogP contribution in [0.2, 0.25) is 0 Å². The van der Waals surface area contributed by atoms with Crippen molar-refractivity contribution >= 4 is 38.2 Å². The van der Waals surface area contributed by atoms with Crippen molar-refractivity contribution in [2.75, 3.05) is 0 Å². The molecule has 0 aliphatic heterocycles. The summed E-state index contributed by atoms with van der Waals surface area (Å²) in [5.41, 5.74) is 4.94. The second-order valence-corrected chi connectivity index (χ2v) is 3.86. The Hall–Kier alpha value is -0.950. The fraction of sp³-hybridized carbons (Fsp3) is 0.167. The van der Waals surface area contributed by atoms with Crippen LogP contribution in [0.15, 0.2) is 6.07 Å². The molecule has 1 aromatic rings. The molecular formula is C6H5BrN2O3S. The van der Waals surface area contributed by atoms with Gasteiger partial charge in [-0.2, -0.15) is 0 Å². The molecule has 0 atom stereocenters. The molecule has 2 N–H and O–H groups in total. The number of nitrogens with two attached hydrogens (primary N) is 1. The monoisotopic (exact) mass is 264 g/mol. The average molecular weight is 265 g/mol. The van der Waals surface area contributed by atoms with Crippen LogP contribution in [-0.2, 0) is 5.33 Å². The zero-order chi connectivity index (χ0) is 10.0. The normalized spacial score (nSPS) is 9.92. The first-order valence-corrected chi connectivity index (χ1v) is 5.13. The van der Waals surface area contributed by atoms with E-state index in [4.69, 9.17) is 5.73 Å². The van der Waals surface area contributed by atoms with Gasteiger partial charge in [0, 0.05) is 10.2 Å². The molecule has 0 aromatic carbocycles. The molecule has 0 bridgehead atoms. The Morgan fingerprint density at radius 1 is 1.77 bits per heavy atom. The molecule has 0 spiro atoms. The van der Waals surface area contributed by atoms with Gasteiger partial charge in [-0.1, -0.05) is 27.3 Å². The number of primary amides is 1. The predicted octanol–water partition coefficient (Wildman–Crippen LogP) is 1.65. The summed E-state index contributed by atoms with van der Waals surface area (Å²) in [7, 11) is 0. The minimum absolute atomic E-state index is 0.0237. The second-order valence-electron chi connectivity index (χ2n) is 2.19. The highest BCUT2D eigenvalue weighted by Gasteiger charge is 2.22. The third kappa shape index (κ3) is 2.04. The average Bonchev–Trinajstić information content (AvgIpc) is 2.47. The summed E-state index contributed by atoms with van der Waals surface area (Å²) >= 11 is 4.09. The molecule has 0 unspecified atom stereocenters. The van der Waals surface area contributed by atoms with Crippen molar-refractivity contribution < 1.29 is 9.72 Å². The van der Waals surface area contributed by atoms with Crippen molar-refractivity contribution in [3.05, 3.63) is 26.6 Å². The Morgan fingerprint density at radius 2 is 2.38 bits per heavy atom. The maximum absolute atomic E-state index is 10.8. The highest BCUT2D eigenvalue weighted by atomic mass is 79.9. The van der Waals surface area contributed by atoms with Crippen molar-refractivity contribution in [3.63, 3.8) is 0 Å². The van der Waals surface area contributed by atoms with Gasteiger partial charge < -0.3 is 5.73 Å². The number of hydrogen-bond acceptors (Lipinski definition) is 4. The Bertz CT molecular complexity index is 331. The number of hydrogen-bond donors (Lipinski definition) is 1. The van der Waals surface area contributed by atoms with E-state index in [1.165, 1.54) is 6.07 Å². The van der Waals surface area contributed by atoms with E-state index >= 15 is 0 Å². The lowest BCUT2D eigenvalue weighted by atomic mass is 10.3. The standard InChI is InChI=1S/C6H5BrN2O3S/c7-2-3-1-4(5(8)10)6(13-3)9(11)12/h1H,2H2,(H2,8,10). The first-order valence-electron chi connectivity index (χ1n) is 3.19. The summed E-state index contributed by atoms with van der Waals surface area (Å²) in [6, 6.07) is 1.43. The number of thiophene rings is 1. The molecule has 0 fully saturated rings. The number of nitro groups is 1. The lowest BCUT2D eigenvalue weighted by molar-refractivity contribution is -0.380. The lowest BCUT2D eigenvalue weighted by Gasteiger charge is -1.87. The summed E-state index contributed by atoms with van der Waals surface area (Å²) in [4.78, 5) is 21.3. The van der Waals surface area contributed by atoms with Gasteiger partial charge in [-0.25, -0.2) is 0 Å². The van der Waals surface area contributed by atoms with Crippen molar-refractivity contribution in [2.24, 2.45) is 5.73 Å². The number of halogens is 1. The number of carbonyl (C=O) groups excluding carboxylic acids is 1. The van der Waals surface area contributed by atoms with Gasteiger partial charge in [-0.05, 0) is 6.07 Å². The summed E-state index contributed by atoms with van der Waals surface area (Å²) in [6.07, 6.45) is 0. The molecule has 0 radical (unpaired) electrons. The maximum atomic E-state index is 10.8. The number of rotatable bonds is 3.